The van der Waals surface area contributed by atoms with Gasteiger partial charge in [0.15, 0.2) is 0 Å². The van der Waals surface area contributed by atoms with Crippen LogP contribution >= 0.6 is 0 Å². The third-order valence-corrected chi connectivity index (χ3v) is 3.28. The van der Waals surface area contributed by atoms with Crippen LogP contribution in [0.15, 0.2) is 24.3 Å². The Kier molecular flexibility index (Phi) is 4.33. The molecular weight excluding hydrogens is 228 g/mol. The second-order valence-electron chi connectivity index (χ2n) is 4.72. The fraction of sp³-hybridized carbons (Fsp3) is 0.500. The van der Waals surface area contributed by atoms with Crippen LogP contribution in [0.3, 0.4) is 0 Å². The maximum Gasteiger partial charge on any atom is 0.254 e. The second kappa shape index (κ2) is 5.98. The third-order valence-electron chi connectivity index (χ3n) is 3.28. The molecule has 1 heterocycles. The average molecular weight is 248 g/mol. The number of aryl methyl sites for hydroxylation is 1. The van der Waals surface area contributed by atoms with E-state index in [4.69, 9.17) is 0 Å². The Morgan fingerprint density at radius 3 is 3.00 bits per heavy atom. The molecule has 2 rings (SSSR count). The predicted molar refractivity (Wildman–Crippen MR) is 70.6 cm³/mol. The lowest BCUT2D eigenvalue weighted by atomic mass is 10.0. The van der Waals surface area contributed by atoms with E-state index in [0.717, 1.165) is 24.0 Å². The molecule has 2 N–H and O–H groups in total. The van der Waals surface area contributed by atoms with Crippen LogP contribution in [0, 0.1) is 0 Å². The van der Waals surface area contributed by atoms with Crippen molar-refractivity contribution in [1.29, 1.82) is 0 Å². The molecular formula is C14H20N2O2. The van der Waals surface area contributed by atoms with Crippen LogP contribution < -0.4 is 5.32 Å². The van der Waals surface area contributed by atoms with Crippen molar-refractivity contribution in [1.82, 2.24) is 10.2 Å². The Bertz CT molecular complexity index is 420. The first-order chi connectivity index (χ1) is 8.72. The highest BCUT2D eigenvalue weighted by Gasteiger charge is 2.23. The van der Waals surface area contributed by atoms with Gasteiger partial charge in [-0.1, -0.05) is 18.2 Å². The van der Waals surface area contributed by atoms with Crippen LogP contribution in [-0.2, 0) is 6.42 Å². The van der Waals surface area contributed by atoms with E-state index in [0.29, 0.717) is 19.6 Å². The fourth-order valence-electron chi connectivity index (χ4n) is 2.41. The SMILES string of the molecule is CNCC(O)CN1CCCc2ccccc2C1=O. The number of nitrogens with one attached hydrogen (secondary N) is 1. The maximum atomic E-state index is 12.4. The molecule has 1 amide bonds. The monoisotopic (exact) mass is 248 g/mol. The van der Waals surface area contributed by atoms with Crippen molar-refractivity contribution in [3.8, 4) is 0 Å². The van der Waals surface area contributed by atoms with Gasteiger partial charge in [0.2, 0.25) is 0 Å². The largest absolute Gasteiger partial charge is 0.390 e. The van der Waals surface area contributed by atoms with Crippen LogP contribution in [0.2, 0.25) is 0 Å². The summed E-state index contributed by atoms with van der Waals surface area (Å²) in [5.41, 5.74) is 1.90. The highest BCUT2D eigenvalue weighted by atomic mass is 16.3. The van der Waals surface area contributed by atoms with Crippen LogP contribution in [0.1, 0.15) is 22.3 Å². The Hall–Kier alpha value is -1.39. The van der Waals surface area contributed by atoms with Crippen LogP contribution in [-0.4, -0.2) is 48.7 Å². The van der Waals surface area contributed by atoms with Gasteiger partial charge in [0.05, 0.1) is 6.10 Å². The van der Waals surface area contributed by atoms with E-state index in [1.807, 2.05) is 24.3 Å². The molecule has 0 saturated carbocycles. The molecule has 98 valence electrons. The summed E-state index contributed by atoms with van der Waals surface area (Å²) >= 11 is 0. The van der Waals surface area contributed by atoms with Crippen LogP contribution in [0.5, 0.6) is 0 Å². The Labute approximate surface area is 108 Å². The van der Waals surface area contributed by atoms with E-state index in [2.05, 4.69) is 5.32 Å². The second-order valence-corrected chi connectivity index (χ2v) is 4.72. The van der Waals surface area contributed by atoms with Crippen molar-refractivity contribution < 1.29 is 9.90 Å². The lowest BCUT2D eigenvalue weighted by Crippen LogP contribution is -2.40. The molecule has 0 fully saturated rings. The molecule has 1 aromatic carbocycles. The molecule has 4 nitrogen and oxygen atoms in total. The van der Waals surface area contributed by atoms with Gasteiger partial charge in [-0.3, -0.25) is 4.79 Å². The first-order valence-corrected chi connectivity index (χ1v) is 6.42. The molecule has 1 unspecified atom stereocenters. The predicted octanol–water partition coefficient (Wildman–Crippen LogP) is 0.655. The minimum Gasteiger partial charge on any atom is -0.390 e. The van der Waals surface area contributed by atoms with E-state index < -0.39 is 6.10 Å². The molecule has 0 spiro atoms. The summed E-state index contributed by atoms with van der Waals surface area (Å²) in [6, 6.07) is 7.75. The van der Waals surface area contributed by atoms with Crippen molar-refractivity contribution in [2.45, 2.75) is 18.9 Å². The molecule has 0 aliphatic carbocycles. The first-order valence-electron chi connectivity index (χ1n) is 6.42. The van der Waals surface area contributed by atoms with E-state index in [1.165, 1.54) is 0 Å². The van der Waals surface area contributed by atoms with Gasteiger partial charge >= 0.3 is 0 Å². The molecule has 1 aromatic rings. The lowest BCUT2D eigenvalue weighted by Gasteiger charge is -2.23. The summed E-state index contributed by atoms with van der Waals surface area (Å²) in [4.78, 5) is 14.1. The molecule has 0 radical (unpaired) electrons. The fourth-order valence-corrected chi connectivity index (χ4v) is 2.41. The molecule has 1 atom stereocenters. The third kappa shape index (κ3) is 2.89. The zero-order valence-electron chi connectivity index (χ0n) is 10.7. The summed E-state index contributed by atoms with van der Waals surface area (Å²) in [7, 11) is 1.79. The minimum atomic E-state index is -0.510. The van der Waals surface area contributed by atoms with Gasteiger partial charge in [-0.25, -0.2) is 0 Å². The number of nitrogens with zero attached hydrogens (tertiary/aromatic N) is 1. The smallest absolute Gasteiger partial charge is 0.254 e. The number of carbonyl (C=O) groups is 1. The maximum absolute atomic E-state index is 12.4. The molecule has 1 aliphatic heterocycles. The van der Waals surface area contributed by atoms with Crippen molar-refractivity contribution in [3.63, 3.8) is 0 Å². The van der Waals surface area contributed by atoms with Crippen molar-refractivity contribution in [2.24, 2.45) is 0 Å². The van der Waals surface area contributed by atoms with Crippen LogP contribution in [0.25, 0.3) is 0 Å². The molecule has 18 heavy (non-hydrogen) atoms. The number of fused-ring (bicyclic) bond motifs is 1. The number of aliphatic hydroxyl groups excluding tert-OH is 1. The summed E-state index contributed by atoms with van der Waals surface area (Å²) in [6.45, 7) is 1.62. The van der Waals surface area contributed by atoms with Gasteiger partial charge in [-0.15, -0.1) is 0 Å². The first kappa shape index (κ1) is 13.1. The van der Waals surface area contributed by atoms with Gasteiger partial charge in [-0.2, -0.15) is 0 Å². The van der Waals surface area contributed by atoms with E-state index in [-0.39, 0.29) is 5.91 Å². The van der Waals surface area contributed by atoms with Gasteiger partial charge in [0, 0.05) is 25.2 Å². The van der Waals surface area contributed by atoms with E-state index in [1.54, 1.807) is 11.9 Å². The number of amides is 1. The van der Waals surface area contributed by atoms with Crippen LogP contribution in [0.4, 0.5) is 0 Å². The highest BCUT2D eigenvalue weighted by Crippen LogP contribution is 2.18. The number of β-amino-alcohol motifs (C(OH)–C–C–N with tert-alkyl or cyclic N) is 1. The van der Waals surface area contributed by atoms with Gasteiger partial charge in [-0.05, 0) is 31.5 Å². The quantitative estimate of drug-likeness (QED) is 0.823. The Balaban J connectivity index is 2.12. The Morgan fingerprint density at radius 1 is 1.44 bits per heavy atom. The normalized spacial score (nSPS) is 17.2. The lowest BCUT2D eigenvalue weighted by molar-refractivity contribution is 0.0631. The van der Waals surface area contributed by atoms with Gasteiger partial charge in [0.25, 0.3) is 5.91 Å². The van der Waals surface area contributed by atoms with Gasteiger partial charge < -0.3 is 15.3 Å². The van der Waals surface area contributed by atoms with Gasteiger partial charge in [0.1, 0.15) is 0 Å². The molecule has 1 aliphatic rings. The molecule has 4 heteroatoms. The number of likely N-dealkylation sites (N-methyl/N-ethyl adjacent to an activating group) is 1. The number of aliphatic hydroxyl groups is 1. The van der Waals surface area contributed by atoms with Crippen molar-refractivity contribution >= 4 is 5.91 Å². The van der Waals surface area contributed by atoms with E-state index in [9.17, 15) is 9.90 Å². The summed E-state index contributed by atoms with van der Waals surface area (Å²) < 4.78 is 0. The highest BCUT2D eigenvalue weighted by molar-refractivity contribution is 5.96. The number of hydrogen-bond acceptors (Lipinski definition) is 3. The molecule has 0 saturated heterocycles. The average Bonchev–Trinajstić information content (AvgIpc) is 2.51. The number of rotatable bonds is 4. The van der Waals surface area contributed by atoms with Crippen molar-refractivity contribution in [2.75, 3.05) is 26.7 Å². The summed E-state index contributed by atoms with van der Waals surface area (Å²) in [6.07, 6.45) is 1.37. The summed E-state index contributed by atoms with van der Waals surface area (Å²) in [5.74, 6) is 0.0400. The molecule has 0 bridgehead atoms. The number of hydrogen-bond donors (Lipinski definition) is 2. The standard InChI is InChI=1S/C14H20N2O2/c1-15-9-12(17)10-16-8-4-6-11-5-2-3-7-13(11)14(16)18/h2-3,5,7,12,15,17H,4,6,8-10H2,1H3. The zero-order valence-corrected chi connectivity index (χ0v) is 10.7. The Morgan fingerprint density at radius 2 is 2.22 bits per heavy atom. The number of benzene rings is 1. The minimum absolute atomic E-state index is 0.0400. The molecule has 0 aromatic heterocycles. The van der Waals surface area contributed by atoms with E-state index >= 15 is 0 Å². The zero-order chi connectivity index (χ0) is 13.0. The number of carbonyl (C=O) groups excluding carboxylic acids is 1. The van der Waals surface area contributed by atoms with Crippen molar-refractivity contribution in [3.05, 3.63) is 35.4 Å². The summed E-state index contributed by atoms with van der Waals surface area (Å²) in [5, 5.41) is 12.7. The topological polar surface area (TPSA) is 52.6 Å².